The van der Waals surface area contributed by atoms with Crippen LogP contribution in [0.1, 0.15) is 49.4 Å². The van der Waals surface area contributed by atoms with Crippen molar-refractivity contribution in [2.24, 2.45) is 0 Å². The maximum atomic E-state index is 12.8. The molecule has 1 fully saturated rings. The Bertz CT molecular complexity index is 655. The molecule has 1 amide bonds. The second kappa shape index (κ2) is 8.13. The topological polar surface area (TPSA) is 66.5 Å². The maximum Gasteiger partial charge on any atom is 0.251 e. The van der Waals surface area contributed by atoms with E-state index in [1.807, 2.05) is 6.92 Å². The van der Waals surface area contributed by atoms with E-state index < -0.39 is 10.0 Å². The lowest BCUT2D eigenvalue weighted by molar-refractivity contribution is 0.0953. The highest BCUT2D eigenvalue weighted by Gasteiger charge is 2.28. The van der Waals surface area contributed by atoms with Crippen molar-refractivity contribution < 1.29 is 13.2 Å². The van der Waals surface area contributed by atoms with Gasteiger partial charge in [-0.05, 0) is 37.5 Å². The van der Waals surface area contributed by atoms with E-state index in [1.165, 1.54) is 16.4 Å². The van der Waals surface area contributed by atoms with E-state index in [0.717, 1.165) is 32.1 Å². The molecular formula is C16H23ClN2O3S. The first-order valence-corrected chi connectivity index (χ1v) is 9.86. The zero-order valence-corrected chi connectivity index (χ0v) is 14.9. The normalized spacial score (nSPS) is 16.3. The number of unbranched alkanes of at least 4 members (excludes halogenated alkanes) is 1. The second-order valence-corrected chi connectivity index (χ2v) is 8.03. The fraction of sp³-hybridized carbons (Fsp3) is 0.562. The van der Waals surface area contributed by atoms with Gasteiger partial charge in [0.05, 0.1) is 5.02 Å². The van der Waals surface area contributed by atoms with Crippen molar-refractivity contribution in [3.8, 4) is 0 Å². The highest BCUT2D eigenvalue weighted by molar-refractivity contribution is 7.89. The van der Waals surface area contributed by atoms with E-state index in [4.69, 9.17) is 11.6 Å². The molecule has 2 rings (SSSR count). The molecule has 1 aliphatic heterocycles. The van der Waals surface area contributed by atoms with Crippen molar-refractivity contribution in [1.82, 2.24) is 9.62 Å². The van der Waals surface area contributed by atoms with Crippen LogP contribution in [0.15, 0.2) is 23.1 Å². The number of rotatable bonds is 6. The first-order chi connectivity index (χ1) is 11.0. The third-order valence-electron chi connectivity index (χ3n) is 3.94. The van der Waals surface area contributed by atoms with Crippen LogP contribution in [0.4, 0.5) is 0 Å². The number of nitrogens with zero attached hydrogens (tertiary/aromatic N) is 1. The fourth-order valence-corrected chi connectivity index (χ4v) is 4.58. The molecule has 0 saturated carbocycles. The summed E-state index contributed by atoms with van der Waals surface area (Å²) in [7, 11) is -3.65. The van der Waals surface area contributed by atoms with Gasteiger partial charge in [-0.3, -0.25) is 4.79 Å². The Morgan fingerprint density at radius 2 is 1.96 bits per heavy atom. The Labute approximate surface area is 143 Å². The van der Waals surface area contributed by atoms with Crippen LogP contribution in [0, 0.1) is 0 Å². The number of piperidine rings is 1. The van der Waals surface area contributed by atoms with E-state index in [-0.39, 0.29) is 15.8 Å². The lowest BCUT2D eigenvalue weighted by Crippen LogP contribution is -2.36. The number of halogens is 1. The fourth-order valence-electron chi connectivity index (χ4n) is 2.57. The molecule has 0 atom stereocenters. The van der Waals surface area contributed by atoms with Gasteiger partial charge in [-0.25, -0.2) is 8.42 Å². The average Bonchev–Trinajstić information content (AvgIpc) is 2.56. The molecular weight excluding hydrogens is 336 g/mol. The predicted molar refractivity (Wildman–Crippen MR) is 91.3 cm³/mol. The third-order valence-corrected chi connectivity index (χ3v) is 6.32. The van der Waals surface area contributed by atoms with Crippen LogP contribution in [-0.2, 0) is 10.0 Å². The Kier molecular flexibility index (Phi) is 6.44. The first-order valence-electron chi connectivity index (χ1n) is 8.04. The number of nitrogens with one attached hydrogen (secondary N) is 1. The van der Waals surface area contributed by atoms with Crippen molar-refractivity contribution in [1.29, 1.82) is 0 Å². The summed E-state index contributed by atoms with van der Waals surface area (Å²) in [6, 6.07) is 4.42. The van der Waals surface area contributed by atoms with Crippen molar-refractivity contribution >= 4 is 27.5 Å². The smallest absolute Gasteiger partial charge is 0.251 e. The number of benzene rings is 1. The Morgan fingerprint density at radius 3 is 2.61 bits per heavy atom. The predicted octanol–water partition coefficient (Wildman–Crippen LogP) is 3.04. The van der Waals surface area contributed by atoms with Crippen molar-refractivity contribution in [2.75, 3.05) is 19.6 Å². The molecule has 1 saturated heterocycles. The summed E-state index contributed by atoms with van der Waals surface area (Å²) in [5, 5.41) is 2.94. The van der Waals surface area contributed by atoms with Gasteiger partial charge in [0.15, 0.2) is 0 Å². The van der Waals surface area contributed by atoms with Crippen molar-refractivity contribution in [3.63, 3.8) is 0 Å². The molecule has 0 bridgehead atoms. The van der Waals surface area contributed by atoms with Gasteiger partial charge in [-0.1, -0.05) is 31.4 Å². The molecule has 128 valence electrons. The van der Waals surface area contributed by atoms with Gasteiger partial charge in [0, 0.05) is 25.2 Å². The average molecular weight is 359 g/mol. The van der Waals surface area contributed by atoms with E-state index in [9.17, 15) is 13.2 Å². The van der Waals surface area contributed by atoms with Crippen LogP contribution in [0.25, 0.3) is 0 Å². The minimum atomic E-state index is -3.65. The minimum absolute atomic E-state index is 0.0178. The molecule has 1 aromatic rings. The summed E-state index contributed by atoms with van der Waals surface area (Å²) in [4.78, 5) is 12.1. The van der Waals surface area contributed by atoms with Crippen molar-refractivity contribution in [3.05, 3.63) is 28.8 Å². The summed E-state index contributed by atoms with van der Waals surface area (Å²) in [5.74, 6) is -0.273. The third kappa shape index (κ3) is 4.46. The van der Waals surface area contributed by atoms with Gasteiger partial charge < -0.3 is 5.32 Å². The summed E-state index contributed by atoms with van der Waals surface area (Å²) in [5.41, 5.74) is 0.320. The molecule has 23 heavy (non-hydrogen) atoms. The molecule has 1 aromatic carbocycles. The number of hydrogen-bond donors (Lipinski definition) is 1. The van der Waals surface area contributed by atoms with Gasteiger partial charge in [0.25, 0.3) is 5.91 Å². The van der Waals surface area contributed by atoms with Gasteiger partial charge in [0.2, 0.25) is 10.0 Å². The monoisotopic (exact) mass is 358 g/mol. The van der Waals surface area contributed by atoms with Crippen molar-refractivity contribution in [2.45, 2.75) is 43.9 Å². The molecule has 0 aromatic heterocycles. The summed E-state index contributed by atoms with van der Waals surface area (Å²) in [6.45, 7) is 3.63. The molecule has 1 aliphatic rings. The van der Waals surface area contributed by atoms with Crippen LogP contribution < -0.4 is 5.32 Å². The number of carbonyl (C=O) groups excluding carboxylic acids is 1. The molecule has 0 unspecified atom stereocenters. The van der Waals surface area contributed by atoms with Gasteiger partial charge in [-0.2, -0.15) is 4.31 Å². The van der Waals surface area contributed by atoms with E-state index in [1.54, 1.807) is 6.07 Å². The molecule has 0 aliphatic carbocycles. The van der Waals surface area contributed by atoms with E-state index in [0.29, 0.717) is 25.2 Å². The quantitative estimate of drug-likeness (QED) is 0.795. The Balaban J connectivity index is 2.24. The number of sulfonamides is 1. The van der Waals surface area contributed by atoms with Gasteiger partial charge >= 0.3 is 0 Å². The van der Waals surface area contributed by atoms with Gasteiger partial charge in [0.1, 0.15) is 4.90 Å². The Hall–Kier alpha value is -1.11. The van der Waals surface area contributed by atoms with Crippen LogP contribution in [0.5, 0.6) is 0 Å². The summed E-state index contributed by atoms with van der Waals surface area (Å²) in [6.07, 6.45) is 4.62. The van der Waals surface area contributed by atoms with Crippen LogP contribution >= 0.6 is 11.6 Å². The summed E-state index contributed by atoms with van der Waals surface area (Å²) < 4.78 is 27.0. The molecule has 1 heterocycles. The van der Waals surface area contributed by atoms with E-state index in [2.05, 4.69) is 5.32 Å². The second-order valence-electron chi connectivity index (χ2n) is 5.72. The summed E-state index contributed by atoms with van der Waals surface area (Å²) >= 11 is 6.09. The maximum absolute atomic E-state index is 12.8. The highest BCUT2D eigenvalue weighted by Crippen LogP contribution is 2.27. The largest absolute Gasteiger partial charge is 0.352 e. The number of amides is 1. The zero-order chi connectivity index (χ0) is 16.9. The molecule has 5 nitrogen and oxygen atoms in total. The van der Waals surface area contributed by atoms with Gasteiger partial charge in [-0.15, -0.1) is 0 Å². The standard InChI is InChI=1S/C16H23ClN2O3S/c1-2-3-9-18-16(20)13-7-8-14(17)15(12-13)23(21,22)19-10-5-4-6-11-19/h7-8,12H,2-6,9-11H2,1H3,(H,18,20). The lowest BCUT2D eigenvalue weighted by atomic mass is 10.2. The minimum Gasteiger partial charge on any atom is -0.352 e. The van der Waals surface area contributed by atoms with Crippen LogP contribution in [0.3, 0.4) is 0 Å². The van der Waals surface area contributed by atoms with Crippen LogP contribution in [0.2, 0.25) is 5.02 Å². The zero-order valence-electron chi connectivity index (χ0n) is 13.3. The van der Waals surface area contributed by atoms with Crippen LogP contribution in [-0.4, -0.2) is 38.3 Å². The highest BCUT2D eigenvalue weighted by atomic mass is 35.5. The number of hydrogen-bond acceptors (Lipinski definition) is 3. The van der Waals surface area contributed by atoms with E-state index >= 15 is 0 Å². The lowest BCUT2D eigenvalue weighted by Gasteiger charge is -2.26. The first kappa shape index (κ1) is 18.2. The molecule has 7 heteroatoms. The molecule has 0 spiro atoms. The SMILES string of the molecule is CCCCNC(=O)c1ccc(Cl)c(S(=O)(=O)N2CCCCC2)c1. The molecule has 1 N–H and O–H groups in total. The number of carbonyl (C=O) groups is 1. The molecule has 0 radical (unpaired) electrons. The Morgan fingerprint density at radius 1 is 1.26 bits per heavy atom.